The molecule has 0 aliphatic heterocycles. The molecule has 0 aliphatic rings. The van der Waals surface area contributed by atoms with Gasteiger partial charge in [-0.3, -0.25) is 0 Å². The van der Waals surface area contributed by atoms with Gasteiger partial charge in [-0.2, -0.15) is 0 Å². The third-order valence-corrected chi connectivity index (χ3v) is 1.86. The van der Waals surface area contributed by atoms with Gasteiger partial charge in [0.2, 0.25) is 0 Å². The predicted molar refractivity (Wildman–Crippen MR) is 58.5 cm³/mol. The third-order valence-electron chi connectivity index (χ3n) is 1.86. The Balaban J connectivity index is 3.45. The summed E-state index contributed by atoms with van der Waals surface area (Å²) in [5.41, 5.74) is -0.656. The molecular weight excluding hydrogens is 180 g/mol. The van der Waals surface area contributed by atoms with Crippen molar-refractivity contribution < 1.29 is 9.84 Å². The minimum absolute atomic E-state index is 0.620. The van der Waals surface area contributed by atoms with Crippen molar-refractivity contribution in [1.82, 2.24) is 10.2 Å². The van der Waals surface area contributed by atoms with Crippen LogP contribution in [0.1, 0.15) is 13.3 Å². The molecule has 4 nitrogen and oxygen atoms in total. The Hall–Kier alpha value is -0.160. The highest BCUT2D eigenvalue weighted by Gasteiger charge is 2.20. The Bertz CT molecular complexity index is 138. The van der Waals surface area contributed by atoms with Crippen LogP contribution >= 0.6 is 0 Å². The minimum Gasteiger partial charge on any atom is -0.388 e. The second-order valence-electron chi connectivity index (χ2n) is 4.26. The van der Waals surface area contributed by atoms with Crippen LogP contribution in [0.5, 0.6) is 0 Å². The number of methoxy groups -OCH3 is 1. The van der Waals surface area contributed by atoms with Gasteiger partial charge in [-0.25, -0.2) is 0 Å². The van der Waals surface area contributed by atoms with Gasteiger partial charge in [-0.15, -0.1) is 0 Å². The van der Waals surface area contributed by atoms with E-state index in [2.05, 4.69) is 5.32 Å². The van der Waals surface area contributed by atoms with Crippen LogP contribution in [-0.4, -0.2) is 63.1 Å². The van der Waals surface area contributed by atoms with Crippen molar-refractivity contribution in [3.8, 4) is 0 Å². The Labute approximate surface area is 87.2 Å². The summed E-state index contributed by atoms with van der Waals surface area (Å²) in [6.07, 6.45) is 0.981. The van der Waals surface area contributed by atoms with Crippen LogP contribution in [0.25, 0.3) is 0 Å². The molecule has 4 heteroatoms. The molecule has 0 aromatic rings. The maximum Gasteiger partial charge on any atom is 0.0869 e. The maximum absolute atomic E-state index is 9.91. The molecular formula is C10H24N2O2. The first-order valence-corrected chi connectivity index (χ1v) is 5.05. The molecule has 1 atom stereocenters. The summed E-state index contributed by atoms with van der Waals surface area (Å²) in [6.45, 7) is 4.79. The number of ether oxygens (including phenoxy) is 1. The molecule has 0 aromatic carbocycles. The fourth-order valence-corrected chi connectivity index (χ4v) is 1.44. The molecule has 2 N–H and O–H groups in total. The normalized spacial score (nSPS) is 15.9. The molecule has 0 fully saturated rings. The van der Waals surface area contributed by atoms with E-state index in [0.29, 0.717) is 13.1 Å². The van der Waals surface area contributed by atoms with E-state index in [-0.39, 0.29) is 0 Å². The lowest BCUT2D eigenvalue weighted by Gasteiger charge is -2.27. The van der Waals surface area contributed by atoms with Crippen molar-refractivity contribution in [2.45, 2.75) is 18.9 Å². The lowest BCUT2D eigenvalue weighted by atomic mass is 10.1. The SMILES string of the molecule is COCCCNCC(C)(O)CN(C)C. The Morgan fingerprint density at radius 1 is 1.43 bits per heavy atom. The Morgan fingerprint density at radius 2 is 2.07 bits per heavy atom. The van der Waals surface area contributed by atoms with Crippen molar-refractivity contribution in [2.24, 2.45) is 0 Å². The van der Waals surface area contributed by atoms with E-state index in [4.69, 9.17) is 4.74 Å². The molecule has 0 rings (SSSR count). The third kappa shape index (κ3) is 8.44. The highest BCUT2D eigenvalue weighted by Crippen LogP contribution is 2.02. The van der Waals surface area contributed by atoms with Gasteiger partial charge in [0.15, 0.2) is 0 Å². The van der Waals surface area contributed by atoms with Gasteiger partial charge in [0.1, 0.15) is 0 Å². The molecule has 0 bridgehead atoms. The zero-order chi connectivity index (χ0) is 11.0. The Morgan fingerprint density at radius 3 is 2.57 bits per heavy atom. The van der Waals surface area contributed by atoms with Crippen LogP contribution in [0.2, 0.25) is 0 Å². The number of nitrogens with one attached hydrogen (secondary N) is 1. The first kappa shape index (κ1) is 13.8. The van der Waals surface area contributed by atoms with Gasteiger partial charge < -0.3 is 20.1 Å². The molecule has 0 saturated heterocycles. The molecule has 0 spiro atoms. The lowest BCUT2D eigenvalue weighted by Crippen LogP contribution is -2.45. The largest absolute Gasteiger partial charge is 0.388 e. The molecule has 0 saturated carbocycles. The summed E-state index contributed by atoms with van der Waals surface area (Å²) in [6, 6.07) is 0. The highest BCUT2D eigenvalue weighted by atomic mass is 16.5. The zero-order valence-electron chi connectivity index (χ0n) is 9.84. The van der Waals surface area contributed by atoms with Gasteiger partial charge in [-0.1, -0.05) is 0 Å². The van der Waals surface area contributed by atoms with E-state index >= 15 is 0 Å². The first-order valence-electron chi connectivity index (χ1n) is 5.05. The predicted octanol–water partition coefficient (Wildman–Crippen LogP) is -0.0749. The lowest BCUT2D eigenvalue weighted by molar-refractivity contribution is 0.0335. The zero-order valence-corrected chi connectivity index (χ0v) is 9.84. The van der Waals surface area contributed by atoms with Crippen LogP contribution < -0.4 is 5.32 Å². The fraction of sp³-hybridized carbons (Fsp3) is 1.00. The summed E-state index contributed by atoms with van der Waals surface area (Å²) in [7, 11) is 5.61. The molecule has 14 heavy (non-hydrogen) atoms. The maximum atomic E-state index is 9.91. The van der Waals surface area contributed by atoms with E-state index in [1.807, 2.05) is 25.9 Å². The fourth-order valence-electron chi connectivity index (χ4n) is 1.44. The van der Waals surface area contributed by atoms with Gasteiger partial charge in [0, 0.05) is 26.8 Å². The summed E-state index contributed by atoms with van der Waals surface area (Å²) in [5.74, 6) is 0. The average Bonchev–Trinajstić information content (AvgIpc) is 2.01. The monoisotopic (exact) mass is 204 g/mol. The standard InChI is InChI=1S/C10H24N2O2/c1-10(13,9-12(2)3)8-11-6-5-7-14-4/h11,13H,5-9H2,1-4H3. The van der Waals surface area contributed by atoms with E-state index < -0.39 is 5.60 Å². The van der Waals surface area contributed by atoms with Crippen molar-refractivity contribution >= 4 is 0 Å². The minimum atomic E-state index is -0.656. The Kier molecular flexibility index (Phi) is 7.09. The number of rotatable bonds is 8. The van der Waals surface area contributed by atoms with Crippen molar-refractivity contribution in [2.75, 3.05) is 47.4 Å². The van der Waals surface area contributed by atoms with Crippen LogP contribution in [0.4, 0.5) is 0 Å². The van der Waals surface area contributed by atoms with Gasteiger partial charge >= 0.3 is 0 Å². The summed E-state index contributed by atoms with van der Waals surface area (Å²) in [5, 5.41) is 13.1. The second-order valence-corrected chi connectivity index (χ2v) is 4.26. The first-order chi connectivity index (χ1) is 6.48. The van der Waals surface area contributed by atoms with Crippen LogP contribution in [0.15, 0.2) is 0 Å². The van der Waals surface area contributed by atoms with Gasteiger partial charge in [0.05, 0.1) is 5.60 Å². The van der Waals surface area contributed by atoms with E-state index in [0.717, 1.165) is 19.6 Å². The molecule has 0 heterocycles. The second kappa shape index (κ2) is 7.17. The summed E-state index contributed by atoms with van der Waals surface area (Å²) < 4.78 is 4.93. The average molecular weight is 204 g/mol. The van der Waals surface area contributed by atoms with Crippen LogP contribution in [0, 0.1) is 0 Å². The quantitative estimate of drug-likeness (QED) is 0.543. The number of nitrogens with zero attached hydrogens (tertiary/aromatic N) is 1. The van der Waals surface area contributed by atoms with Crippen molar-refractivity contribution in [3.63, 3.8) is 0 Å². The van der Waals surface area contributed by atoms with E-state index in [1.165, 1.54) is 0 Å². The number of hydrogen-bond acceptors (Lipinski definition) is 4. The molecule has 1 unspecified atom stereocenters. The van der Waals surface area contributed by atoms with Gasteiger partial charge in [-0.05, 0) is 34.0 Å². The van der Waals surface area contributed by atoms with Crippen molar-refractivity contribution in [1.29, 1.82) is 0 Å². The van der Waals surface area contributed by atoms with Crippen LogP contribution in [-0.2, 0) is 4.74 Å². The number of aliphatic hydroxyl groups is 1. The molecule has 0 amide bonds. The number of likely N-dealkylation sites (N-methyl/N-ethyl adjacent to an activating group) is 1. The molecule has 86 valence electrons. The highest BCUT2D eigenvalue weighted by molar-refractivity contribution is 4.77. The van der Waals surface area contributed by atoms with Crippen molar-refractivity contribution in [3.05, 3.63) is 0 Å². The molecule has 0 aromatic heterocycles. The topological polar surface area (TPSA) is 44.7 Å². The van der Waals surface area contributed by atoms with Crippen LogP contribution in [0.3, 0.4) is 0 Å². The summed E-state index contributed by atoms with van der Waals surface area (Å²) in [4.78, 5) is 1.98. The molecule has 0 radical (unpaired) electrons. The smallest absolute Gasteiger partial charge is 0.0869 e. The number of hydrogen-bond donors (Lipinski definition) is 2. The molecule has 0 aliphatic carbocycles. The van der Waals surface area contributed by atoms with Gasteiger partial charge in [0.25, 0.3) is 0 Å². The van der Waals surface area contributed by atoms with E-state index in [1.54, 1.807) is 7.11 Å². The summed E-state index contributed by atoms with van der Waals surface area (Å²) >= 11 is 0. The van der Waals surface area contributed by atoms with E-state index in [9.17, 15) is 5.11 Å².